The quantitative estimate of drug-likeness (QED) is 0.265. The van der Waals surface area contributed by atoms with Crippen LogP contribution in [0.5, 0.6) is 0 Å². The van der Waals surface area contributed by atoms with Gasteiger partial charge in [-0.05, 0) is 56.3 Å². The lowest BCUT2D eigenvalue weighted by molar-refractivity contribution is 0.312. The topological polar surface area (TPSA) is 91.3 Å². The van der Waals surface area contributed by atoms with Crippen molar-refractivity contribution in [3.05, 3.63) is 52.6 Å². The normalized spacial score (nSPS) is 14.4. The van der Waals surface area contributed by atoms with Gasteiger partial charge in [0.15, 0.2) is 11.7 Å². The molecule has 1 saturated heterocycles. The Balaban J connectivity index is 1.56. The highest BCUT2D eigenvalue weighted by Gasteiger charge is 2.20. The molecule has 4 rings (SSSR count). The number of nitrogens with one attached hydrogen (secondary N) is 3. The number of halogens is 3. The molecule has 1 aliphatic heterocycles. The fraction of sp³-hybridized carbons (Fsp3) is 0.300. The van der Waals surface area contributed by atoms with E-state index < -0.39 is 11.6 Å². The van der Waals surface area contributed by atoms with Crippen LogP contribution in [0.3, 0.4) is 0 Å². The Morgan fingerprint density at radius 3 is 2.70 bits per heavy atom. The third-order valence-corrected chi connectivity index (χ3v) is 5.42. The Morgan fingerprint density at radius 2 is 1.97 bits per heavy atom. The van der Waals surface area contributed by atoms with E-state index in [9.17, 15) is 14.0 Å². The van der Waals surface area contributed by atoms with Crippen molar-refractivity contribution in [1.82, 2.24) is 14.9 Å². The average molecular weight is 435 g/mol. The smallest absolute Gasteiger partial charge is 0.201 e. The lowest BCUT2D eigenvalue weighted by atomic mass is 10.1. The third-order valence-electron chi connectivity index (χ3n) is 5.13. The maximum Gasteiger partial charge on any atom is 0.201 e. The van der Waals surface area contributed by atoms with E-state index in [2.05, 4.69) is 20.2 Å². The fourth-order valence-corrected chi connectivity index (χ4v) is 3.71. The molecule has 0 bridgehead atoms. The zero-order valence-corrected chi connectivity index (χ0v) is 16.8. The lowest BCUT2D eigenvalue weighted by Gasteiger charge is -2.18. The molecule has 10 heteroatoms. The van der Waals surface area contributed by atoms with Gasteiger partial charge in [-0.1, -0.05) is 11.6 Å². The van der Waals surface area contributed by atoms with Crippen LogP contribution < -0.4 is 10.4 Å². The highest BCUT2D eigenvalue weighted by Crippen LogP contribution is 2.26. The molecule has 0 atom stereocenters. The molecule has 0 amide bonds. The summed E-state index contributed by atoms with van der Waals surface area (Å²) < 4.78 is 27.7. The van der Waals surface area contributed by atoms with Crippen LogP contribution in [0.1, 0.15) is 18.4 Å². The molecular formula is C20H21ClF2N6O. The molecular weight excluding hydrogens is 414 g/mol. The summed E-state index contributed by atoms with van der Waals surface area (Å²) in [5.74, 6) is -1.13. The number of likely N-dealkylation sites (tertiary alicyclic amines) is 1. The number of benzene rings is 2. The van der Waals surface area contributed by atoms with Gasteiger partial charge in [0.1, 0.15) is 11.3 Å². The zero-order chi connectivity index (χ0) is 21.3. The molecule has 2 heterocycles. The number of nitrogens with zero attached hydrogens (tertiary/aromatic N) is 3. The number of hydrogen-bond acceptors (Lipinski definition) is 5. The van der Waals surface area contributed by atoms with Crippen molar-refractivity contribution in [2.24, 2.45) is 0 Å². The molecule has 30 heavy (non-hydrogen) atoms. The van der Waals surface area contributed by atoms with Crippen LogP contribution in [0.15, 0.2) is 30.3 Å². The Morgan fingerprint density at radius 1 is 1.23 bits per heavy atom. The van der Waals surface area contributed by atoms with Crippen LogP contribution in [0, 0.1) is 17.0 Å². The Hall–Kier alpha value is -2.75. The van der Waals surface area contributed by atoms with Crippen molar-refractivity contribution >= 4 is 40.1 Å². The number of aromatic nitrogens is 2. The number of imidazole rings is 1. The molecule has 3 aromatic rings. The summed E-state index contributed by atoms with van der Waals surface area (Å²) in [4.78, 5) is 9.58. The minimum atomic E-state index is -0.636. The Bertz CT molecular complexity index is 1080. The van der Waals surface area contributed by atoms with Gasteiger partial charge in [0, 0.05) is 18.7 Å². The molecule has 7 nitrogen and oxygen atoms in total. The van der Waals surface area contributed by atoms with E-state index in [1.165, 1.54) is 37.1 Å². The molecule has 0 spiro atoms. The van der Waals surface area contributed by atoms with E-state index >= 15 is 0 Å². The summed E-state index contributed by atoms with van der Waals surface area (Å²) in [5, 5.41) is 22.3. The van der Waals surface area contributed by atoms with Gasteiger partial charge in [0.05, 0.1) is 16.2 Å². The summed E-state index contributed by atoms with van der Waals surface area (Å²) >= 11 is 5.76. The first-order chi connectivity index (χ1) is 14.4. The van der Waals surface area contributed by atoms with Gasteiger partial charge >= 0.3 is 0 Å². The van der Waals surface area contributed by atoms with Gasteiger partial charge in [-0.2, -0.15) is 0 Å². The van der Waals surface area contributed by atoms with Crippen LogP contribution in [-0.4, -0.2) is 52.1 Å². The van der Waals surface area contributed by atoms with E-state index in [1.54, 1.807) is 0 Å². The summed E-state index contributed by atoms with van der Waals surface area (Å²) in [6, 6.07) is 6.14. The maximum atomic E-state index is 14.3. The molecule has 1 aromatic heterocycles. The van der Waals surface area contributed by atoms with Crippen LogP contribution in [0.4, 0.5) is 20.4 Å². The van der Waals surface area contributed by atoms with E-state index in [4.69, 9.17) is 17.0 Å². The van der Waals surface area contributed by atoms with E-state index in [0.29, 0.717) is 17.6 Å². The van der Waals surface area contributed by atoms with E-state index in [-0.39, 0.29) is 33.1 Å². The van der Waals surface area contributed by atoms with Crippen molar-refractivity contribution in [3.8, 4) is 0 Å². The van der Waals surface area contributed by atoms with Crippen molar-refractivity contribution < 1.29 is 14.0 Å². The molecule has 0 unspecified atom stereocenters. The number of aromatic amines is 1. The zero-order valence-electron chi connectivity index (χ0n) is 16.1. The lowest BCUT2D eigenvalue weighted by Crippen LogP contribution is -2.27. The molecule has 0 saturated carbocycles. The van der Waals surface area contributed by atoms with Crippen LogP contribution >= 0.6 is 11.6 Å². The molecule has 2 aromatic carbocycles. The summed E-state index contributed by atoms with van der Waals surface area (Å²) in [6.07, 6.45) is 2.41. The number of H-pyrrole nitrogens is 1. The van der Waals surface area contributed by atoms with Gasteiger partial charge in [0.2, 0.25) is 5.95 Å². The van der Waals surface area contributed by atoms with E-state index in [1.807, 2.05) is 0 Å². The standard InChI is InChI=1S/C20H21ClF2N6O/c21-14-11-12(3-5-15(14)22)29(30)19(24)13-4-6-16(23)18-17(13)26-20(27-18)25-7-10-28-8-1-2-9-28/h3-6,11,24,30H,1-2,7-10H2,(H2,25,26,27). The Labute approximate surface area is 176 Å². The number of hydrogen-bond donors (Lipinski definition) is 4. The minimum Gasteiger partial charge on any atom is -0.355 e. The van der Waals surface area contributed by atoms with Gasteiger partial charge in [-0.3, -0.25) is 10.6 Å². The van der Waals surface area contributed by atoms with Crippen LogP contribution in [0.25, 0.3) is 11.0 Å². The number of fused-ring (bicyclic) bond motifs is 1. The van der Waals surface area contributed by atoms with Gasteiger partial charge in [-0.15, -0.1) is 0 Å². The molecule has 4 N–H and O–H groups in total. The fourth-order valence-electron chi connectivity index (χ4n) is 3.54. The summed E-state index contributed by atoms with van der Waals surface area (Å²) in [7, 11) is 0. The number of rotatable bonds is 6. The van der Waals surface area contributed by atoms with Crippen molar-refractivity contribution in [2.45, 2.75) is 12.8 Å². The minimum absolute atomic E-state index is 0.0615. The molecule has 1 fully saturated rings. The first-order valence-electron chi connectivity index (χ1n) is 9.61. The van der Waals surface area contributed by atoms with Gasteiger partial charge < -0.3 is 15.2 Å². The molecule has 158 valence electrons. The monoisotopic (exact) mass is 434 g/mol. The second-order valence-electron chi connectivity index (χ2n) is 7.14. The Kier molecular flexibility index (Phi) is 5.85. The maximum absolute atomic E-state index is 14.3. The first kappa shape index (κ1) is 20.5. The van der Waals surface area contributed by atoms with Gasteiger partial charge in [0.25, 0.3) is 0 Å². The largest absolute Gasteiger partial charge is 0.355 e. The predicted octanol–water partition coefficient (Wildman–Crippen LogP) is 4.22. The van der Waals surface area contributed by atoms with Crippen molar-refractivity contribution in [1.29, 1.82) is 5.41 Å². The average Bonchev–Trinajstić information content (AvgIpc) is 3.40. The van der Waals surface area contributed by atoms with Gasteiger partial charge in [-0.25, -0.2) is 18.8 Å². The van der Waals surface area contributed by atoms with Crippen molar-refractivity contribution in [2.75, 3.05) is 36.6 Å². The SMILES string of the molecule is N=C(c1ccc(F)c2nc(NCCN3CCCC3)[nH]c12)N(O)c1ccc(F)c(Cl)c1. The number of anilines is 2. The molecule has 0 aliphatic carbocycles. The van der Waals surface area contributed by atoms with Crippen LogP contribution in [0.2, 0.25) is 5.02 Å². The molecule has 1 aliphatic rings. The highest BCUT2D eigenvalue weighted by molar-refractivity contribution is 6.31. The number of hydroxylamine groups is 1. The number of amidine groups is 1. The summed E-state index contributed by atoms with van der Waals surface area (Å²) in [6.45, 7) is 3.67. The van der Waals surface area contributed by atoms with Crippen LogP contribution in [-0.2, 0) is 0 Å². The highest BCUT2D eigenvalue weighted by atomic mass is 35.5. The summed E-state index contributed by atoms with van der Waals surface area (Å²) in [5.41, 5.74) is 0.671. The predicted molar refractivity (Wildman–Crippen MR) is 113 cm³/mol. The second-order valence-corrected chi connectivity index (χ2v) is 7.55. The second kappa shape index (κ2) is 8.55. The first-order valence-corrected chi connectivity index (χ1v) is 9.99. The third kappa shape index (κ3) is 4.09. The molecule has 0 radical (unpaired) electrons. The van der Waals surface area contributed by atoms with Crippen molar-refractivity contribution in [3.63, 3.8) is 0 Å². The van der Waals surface area contributed by atoms with E-state index in [0.717, 1.165) is 25.7 Å².